The maximum atomic E-state index is 10.9. The number of methoxy groups -OCH3 is 1. The third kappa shape index (κ3) is 2.13. The van der Waals surface area contributed by atoms with E-state index in [-0.39, 0.29) is 24.6 Å². The van der Waals surface area contributed by atoms with Crippen LogP contribution in [0.5, 0.6) is 0 Å². The number of carbonyl (C=O) groups excluding carboxylic acids is 2. The van der Waals surface area contributed by atoms with E-state index < -0.39 is 17.6 Å². The molecule has 0 radical (unpaired) electrons. The number of aromatic carboxylic acids is 1. The van der Waals surface area contributed by atoms with Gasteiger partial charge < -0.3 is 14.6 Å². The minimum absolute atomic E-state index is 0. The van der Waals surface area contributed by atoms with Gasteiger partial charge in [-0.15, -0.1) is 5.10 Å². The molecule has 1 aromatic heterocycles. The molecular formula is C6H6LiN3O4. The molecule has 0 atom stereocenters. The summed E-state index contributed by atoms with van der Waals surface area (Å²) < 4.78 is 5.23. The number of hydrogen-bond acceptors (Lipinski definition) is 6. The van der Waals surface area contributed by atoms with E-state index in [1.54, 1.807) is 0 Å². The van der Waals surface area contributed by atoms with Crippen LogP contribution in [-0.4, -0.2) is 34.0 Å². The van der Waals surface area contributed by atoms with Crippen molar-refractivity contribution in [2.75, 3.05) is 7.11 Å². The molecule has 0 amide bonds. The molecular weight excluding hydrogens is 185 g/mol. The van der Waals surface area contributed by atoms with E-state index in [4.69, 9.17) is 0 Å². The van der Waals surface area contributed by atoms with Gasteiger partial charge in [0.05, 0.1) is 13.1 Å². The molecule has 1 aromatic rings. The fourth-order valence-electron chi connectivity index (χ4n) is 0.820. The van der Waals surface area contributed by atoms with Gasteiger partial charge in [-0.05, 0) is 0 Å². The molecule has 8 heteroatoms. The molecule has 0 unspecified atom stereocenters. The third-order valence-corrected chi connectivity index (χ3v) is 1.40. The summed E-state index contributed by atoms with van der Waals surface area (Å²) in [6, 6.07) is 0. The molecule has 1 heterocycles. The van der Waals surface area contributed by atoms with Crippen molar-refractivity contribution in [1.82, 2.24) is 15.0 Å². The van der Waals surface area contributed by atoms with Crippen LogP contribution in [0.15, 0.2) is 0 Å². The van der Waals surface area contributed by atoms with Crippen LogP contribution in [0.1, 0.15) is 21.0 Å². The molecule has 7 nitrogen and oxygen atoms in total. The smallest absolute Gasteiger partial charge is 0.543 e. The predicted molar refractivity (Wildman–Crippen MR) is 36.7 cm³/mol. The van der Waals surface area contributed by atoms with Gasteiger partial charge in [-0.25, -0.2) is 9.48 Å². The minimum atomic E-state index is -1.52. The summed E-state index contributed by atoms with van der Waals surface area (Å²) >= 11 is 0. The van der Waals surface area contributed by atoms with Crippen LogP contribution in [0, 0.1) is 0 Å². The SMILES string of the molecule is COC(=O)c1nnn(C)c1C(=O)[O-].[Li+]. The maximum Gasteiger partial charge on any atom is 1.00 e. The zero-order chi connectivity index (χ0) is 10.0. The number of carbonyl (C=O) groups is 2. The first kappa shape index (κ1) is 12.7. The van der Waals surface area contributed by atoms with E-state index in [9.17, 15) is 14.7 Å². The number of hydrogen-bond donors (Lipinski definition) is 0. The standard InChI is InChI=1S/C6H7N3O4.Li/c1-9-4(5(10)11)3(7-8-9)6(12)13-2;/h1-2H3,(H,10,11);/q;+1/p-1. The Labute approximate surface area is 91.2 Å². The Balaban J connectivity index is 0.00000169. The molecule has 0 saturated heterocycles. The number of aromatic nitrogens is 3. The van der Waals surface area contributed by atoms with Crippen molar-refractivity contribution in [2.24, 2.45) is 7.05 Å². The van der Waals surface area contributed by atoms with Gasteiger partial charge in [0, 0.05) is 7.05 Å². The Kier molecular flexibility index (Phi) is 4.33. The van der Waals surface area contributed by atoms with Gasteiger partial charge in [0.2, 0.25) is 0 Å². The molecule has 14 heavy (non-hydrogen) atoms. The van der Waals surface area contributed by atoms with E-state index in [1.165, 1.54) is 7.05 Å². The predicted octanol–water partition coefficient (Wildman–Crippen LogP) is -5.03. The molecule has 0 bridgehead atoms. The van der Waals surface area contributed by atoms with Gasteiger partial charge >= 0.3 is 24.8 Å². The summed E-state index contributed by atoms with van der Waals surface area (Å²) in [5, 5.41) is 17.2. The Bertz CT molecular complexity index is 362. The molecule has 0 aromatic carbocycles. The van der Waals surface area contributed by atoms with Gasteiger partial charge in [-0.2, -0.15) is 0 Å². The van der Waals surface area contributed by atoms with E-state index >= 15 is 0 Å². The van der Waals surface area contributed by atoms with E-state index in [1.807, 2.05) is 0 Å². The van der Waals surface area contributed by atoms with Gasteiger partial charge in [0.25, 0.3) is 0 Å². The quantitative estimate of drug-likeness (QED) is 0.343. The second kappa shape index (κ2) is 4.79. The van der Waals surface area contributed by atoms with Crippen LogP contribution in [0.2, 0.25) is 0 Å². The van der Waals surface area contributed by atoms with E-state index in [0.29, 0.717) is 0 Å². The van der Waals surface area contributed by atoms with Crippen LogP contribution in [0.3, 0.4) is 0 Å². The number of esters is 1. The molecule has 0 aliphatic heterocycles. The normalized spacial score (nSPS) is 9.00. The van der Waals surface area contributed by atoms with Crippen molar-refractivity contribution >= 4 is 11.9 Å². The van der Waals surface area contributed by atoms with Crippen molar-refractivity contribution in [3.05, 3.63) is 11.4 Å². The Morgan fingerprint density at radius 3 is 2.50 bits per heavy atom. The summed E-state index contributed by atoms with van der Waals surface area (Å²) in [6.45, 7) is 0. The van der Waals surface area contributed by atoms with Crippen LogP contribution in [-0.2, 0) is 11.8 Å². The summed E-state index contributed by atoms with van der Waals surface area (Å²) in [6.07, 6.45) is 0. The van der Waals surface area contributed by atoms with Crippen LogP contribution < -0.4 is 24.0 Å². The summed E-state index contributed by atoms with van der Waals surface area (Å²) in [4.78, 5) is 21.4. The molecule has 0 aliphatic carbocycles. The van der Waals surface area contributed by atoms with Gasteiger partial charge in [-0.1, -0.05) is 5.21 Å². The Morgan fingerprint density at radius 2 is 2.07 bits per heavy atom. The molecule has 0 saturated carbocycles. The molecule has 0 aliphatic rings. The largest absolute Gasteiger partial charge is 1.00 e. The second-order valence-corrected chi connectivity index (χ2v) is 2.19. The first-order valence-electron chi connectivity index (χ1n) is 3.27. The number of carboxylic acid groups (broad SMARTS) is 1. The zero-order valence-corrected chi connectivity index (χ0v) is 7.97. The van der Waals surface area contributed by atoms with Gasteiger partial charge in [0.15, 0.2) is 5.69 Å². The van der Waals surface area contributed by atoms with Crippen molar-refractivity contribution in [3.8, 4) is 0 Å². The zero-order valence-electron chi connectivity index (χ0n) is 7.97. The number of carboxylic acids is 1. The Morgan fingerprint density at radius 1 is 1.50 bits per heavy atom. The van der Waals surface area contributed by atoms with Crippen LogP contribution >= 0.6 is 0 Å². The van der Waals surface area contributed by atoms with E-state index in [0.717, 1.165) is 11.8 Å². The molecule has 70 valence electrons. The minimum Gasteiger partial charge on any atom is -0.543 e. The summed E-state index contributed by atoms with van der Waals surface area (Å²) in [5.74, 6) is -2.37. The Hall–Kier alpha value is -1.32. The molecule has 1 rings (SSSR count). The van der Waals surface area contributed by atoms with Crippen molar-refractivity contribution in [1.29, 1.82) is 0 Å². The average Bonchev–Trinajstić information content (AvgIpc) is 2.45. The number of nitrogens with zero attached hydrogens (tertiary/aromatic N) is 3. The monoisotopic (exact) mass is 191 g/mol. The van der Waals surface area contributed by atoms with Crippen molar-refractivity contribution in [3.63, 3.8) is 0 Å². The summed E-state index contributed by atoms with van der Waals surface area (Å²) in [5.41, 5.74) is -0.753. The van der Waals surface area contributed by atoms with Gasteiger partial charge in [0.1, 0.15) is 5.69 Å². The third-order valence-electron chi connectivity index (χ3n) is 1.40. The fraction of sp³-hybridized carbons (Fsp3) is 0.333. The first-order valence-corrected chi connectivity index (χ1v) is 3.27. The number of aryl methyl sites for hydroxylation is 1. The average molecular weight is 191 g/mol. The second-order valence-electron chi connectivity index (χ2n) is 2.19. The number of ether oxygens (including phenoxy) is 1. The first-order chi connectivity index (χ1) is 6.07. The molecule has 0 fully saturated rings. The van der Waals surface area contributed by atoms with Crippen molar-refractivity contribution < 1.29 is 38.3 Å². The maximum absolute atomic E-state index is 10.9. The van der Waals surface area contributed by atoms with Crippen molar-refractivity contribution in [2.45, 2.75) is 0 Å². The van der Waals surface area contributed by atoms with E-state index in [2.05, 4.69) is 15.0 Å². The van der Waals surface area contributed by atoms with Crippen LogP contribution in [0.4, 0.5) is 0 Å². The molecule has 0 N–H and O–H groups in total. The number of rotatable bonds is 2. The summed E-state index contributed by atoms with van der Waals surface area (Å²) in [7, 11) is 2.46. The molecule has 0 spiro atoms. The van der Waals surface area contributed by atoms with Gasteiger partial charge in [-0.3, -0.25) is 0 Å². The fourth-order valence-corrected chi connectivity index (χ4v) is 0.820. The topological polar surface area (TPSA) is 97.1 Å². The van der Waals surface area contributed by atoms with Crippen LogP contribution in [0.25, 0.3) is 0 Å².